The number of alkyl halides is 2. The van der Waals surface area contributed by atoms with Gasteiger partial charge in [0.15, 0.2) is 0 Å². The summed E-state index contributed by atoms with van der Waals surface area (Å²) in [7, 11) is 0. The summed E-state index contributed by atoms with van der Waals surface area (Å²) in [4.78, 5) is 0. The van der Waals surface area contributed by atoms with Crippen molar-refractivity contribution in [3.8, 4) is 0 Å². The normalized spacial score (nSPS) is 49.7. The fourth-order valence-corrected chi connectivity index (χ4v) is 8.20. The van der Waals surface area contributed by atoms with Crippen LogP contribution in [0.1, 0.15) is 103 Å². The van der Waals surface area contributed by atoms with Crippen LogP contribution in [-0.2, 0) is 0 Å². The van der Waals surface area contributed by atoms with Gasteiger partial charge in [0.05, 0.1) is 0 Å². The summed E-state index contributed by atoms with van der Waals surface area (Å²) < 4.78 is 16.1. The van der Waals surface area contributed by atoms with E-state index in [1.807, 2.05) is 0 Å². The molecule has 0 spiro atoms. The second-order valence-electron chi connectivity index (χ2n) is 11.0. The number of rotatable bonds is 3. The average Bonchev–Trinajstić information content (AvgIpc) is 2.69. The Morgan fingerprint density at radius 3 is 1.59 bits per heavy atom. The quantitative estimate of drug-likeness (QED) is 0.277. The summed E-state index contributed by atoms with van der Waals surface area (Å²) in [6.07, 6.45) is 19.8. The molecule has 3 atom stereocenters. The van der Waals surface area contributed by atoms with E-state index in [2.05, 4.69) is 29.5 Å². The third-order valence-electron chi connectivity index (χ3n) is 9.38. The highest BCUT2D eigenvalue weighted by molar-refractivity contribution is 14.1. The lowest BCUT2D eigenvalue weighted by Gasteiger charge is -2.44. The Hall–Kier alpha value is 0.660. The minimum absolute atomic E-state index is 0.412. The fraction of sp³-hybridized carbons (Fsp3) is 1.00. The van der Waals surface area contributed by atoms with Crippen molar-refractivity contribution in [3.63, 3.8) is 0 Å². The summed E-state index contributed by atoms with van der Waals surface area (Å²) in [5.41, 5.74) is 0. The topological polar surface area (TPSA) is 0 Å². The molecule has 0 saturated heterocycles. The van der Waals surface area contributed by atoms with Crippen LogP contribution in [0.3, 0.4) is 0 Å². The van der Waals surface area contributed by atoms with Crippen LogP contribution in [0.5, 0.6) is 0 Å². The molecule has 0 aromatic rings. The minimum Gasteiger partial charge on any atom is -0.247 e. The largest absolute Gasteiger partial charge is 0.247 e. The van der Waals surface area contributed by atoms with E-state index >= 15 is 4.39 Å². The molecule has 0 bridgehead atoms. The Bertz CT molecular complexity index is 441. The van der Waals surface area contributed by atoms with Crippen LogP contribution in [0.4, 0.5) is 4.39 Å². The predicted molar refractivity (Wildman–Crippen MR) is 122 cm³/mol. The average molecular weight is 489 g/mol. The van der Waals surface area contributed by atoms with Gasteiger partial charge in [-0.3, -0.25) is 0 Å². The molecule has 2 heteroatoms. The van der Waals surface area contributed by atoms with Crippen molar-refractivity contribution in [1.82, 2.24) is 0 Å². The third-order valence-corrected chi connectivity index (χ3v) is 10.6. The molecular weight excluding hydrogens is 446 g/mol. The first-order valence-corrected chi connectivity index (χ1v) is 13.6. The van der Waals surface area contributed by atoms with Gasteiger partial charge < -0.3 is 0 Å². The van der Waals surface area contributed by atoms with Gasteiger partial charge in [-0.2, -0.15) is 0 Å². The number of halogens is 2. The van der Waals surface area contributed by atoms with Crippen LogP contribution in [0.15, 0.2) is 0 Å². The number of hydrogen-bond acceptors (Lipinski definition) is 0. The molecule has 3 unspecified atom stereocenters. The summed E-state index contributed by atoms with van der Waals surface area (Å²) in [6.45, 7) is 2.43. The SMILES string of the molecule is CC1CCC(C2CCC(C3CCC(C4CCC(I)CC4)CC3F)CC2)CC1. The molecule has 4 saturated carbocycles. The smallest absolute Gasteiger partial charge is 0.103 e. The standard InChI is InChI=1S/C25H42FI/c1-17-2-4-18(5-3-17)19-6-8-21(9-7-19)24-15-12-22(16-25(24)26)20-10-13-23(27)14-11-20/h17-25H,2-16H2,1H3. The van der Waals surface area contributed by atoms with Crippen LogP contribution in [-0.4, -0.2) is 10.1 Å². The lowest BCUT2D eigenvalue weighted by atomic mass is 9.63. The van der Waals surface area contributed by atoms with E-state index < -0.39 is 6.17 Å². The zero-order valence-electron chi connectivity index (χ0n) is 17.6. The van der Waals surface area contributed by atoms with Crippen LogP contribution >= 0.6 is 22.6 Å². The molecule has 0 heterocycles. The van der Waals surface area contributed by atoms with Crippen molar-refractivity contribution >= 4 is 22.6 Å². The van der Waals surface area contributed by atoms with Crippen molar-refractivity contribution in [2.24, 2.45) is 41.4 Å². The zero-order chi connectivity index (χ0) is 18.8. The molecule has 0 aliphatic heterocycles. The van der Waals surface area contributed by atoms with Gasteiger partial charge in [-0.1, -0.05) is 42.4 Å². The molecule has 4 aliphatic rings. The lowest BCUT2D eigenvalue weighted by Crippen LogP contribution is -2.37. The van der Waals surface area contributed by atoms with Crippen LogP contribution < -0.4 is 0 Å². The Labute approximate surface area is 181 Å². The van der Waals surface area contributed by atoms with Gasteiger partial charge in [-0.15, -0.1) is 0 Å². The molecule has 0 amide bonds. The van der Waals surface area contributed by atoms with Gasteiger partial charge in [0.2, 0.25) is 0 Å². The molecule has 4 fully saturated rings. The highest BCUT2D eigenvalue weighted by Gasteiger charge is 2.40. The molecule has 27 heavy (non-hydrogen) atoms. The first-order valence-electron chi connectivity index (χ1n) is 12.4. The lowest BCUT2D eigenvalue weighted by molar-refractivity contribution is 0.0299. The van der Waals surface area contributed by atoms with Gasteiger partial charge in [-0.05, 0) is 125 Å². The molecule has 0 aromatic carbocycles. The molecular formula is C25H42FI. The van der Waals surface area contributed by atoms with Crippen LogP contribution in [0.25, 0.3) is 0 Å². The van der Waals surface area contributed by atoms with E-state index in [1.165, 1.54) is 89.9 Å². The van der Waals surface area contributed by atoms with E-state index in [9.17, 15) is 0 Å². The summed E-state index contributed by atoms with van der Waals surface area (Å²) in [5, 5.41) is 0. The molecule has 4 rings (SSSR count). The van der Waals surface area contributed by atoms with Gasteiger partial charge in [0.25, 0.3) is 0 Å². The van der Waals surface area contributed by atoms with E-state index in [-0.39, 0.29) is 0 Å². The molecule has 4 aliphatic carbocycles. The predicted octanol–water partition coefficient (Wildman–Crippen LogP) is 8.37. The maximum atomic E-state index is 15.2. The van der Waals surface area contributed by atoms with Gasteiger partial charge >= 0.3 is 0 Å². The first kappa shape index (κ1) is 20.9. The van der Waals surface area contributed by atoms with Crippen molar-refractivity contribution in [2.45, 2.75) is 113 Å². The van der Waals surface area contributed by atoms with Gasteiger partial charge in [0, 0.05) is 3.92 Å². The monoisotopic (exact) mass is 488 g/mol. The molecule has 156 valence electrons. The van der Waals surface area contributed by atoms with E-state index in [4.69, 9.17) is 0 Å². The van der Waals surface area contributed by atoms with Crippen molar-refractivity contribution in [3.05, 3.63) is 0 Å². The summed E-state index contributed by atoms with van der Waals surface area (Å²) >= 11 is 2.62. The second kappa shape index (κ2) is 9.65. The van der Waals surface area contributed by atoms with Crippen molar-refractivity contribution in [2.75, 3.05) is 0 Å². The maximum absolute atomic E-state index is 15.2. The Morgan fingerprint density at radius 1 is 0.556 bits per heavy atom. The Kier molecular flexibility index (Phi) is 7.47. The third kappa shape index (κ3) is 5.23. The molecule has 0 nitrogen and oxygen atoms in total. The fourth-order valence-electron chi connectivity index (χ4n) is 7.48. The molecule has 0 aromatic heterocycles. The molecule has 0 N–H and O–H groups in total. The minimum atomic E-state index is -0.488. The highest BCUT2D eigenvalue weighted by atomic mass is 127. The Morgan fingerprint density at radius 2 is 1.00 bits per heavy atom. The van der Waals surface area contributed by atoms with E-state index in [1.54, 1.807) is 0 Å². The highest BCUT2D eigenvalue weighted by Crippen LogP contribution is 2.48. The van der Waals surface area contributed by atoms with Crippen molar-refractivity contribution in [1.29, 1.82) is 0 Å². The van der Waals surface area contributed by atoms with Crippen LogP contribution in [0, 0.1) is 41.4 Å². The van der Waals surface area contributed by atoms with E-state index in [0.717, 1.165) is 34.0 Å². The van der Waals surface area contributed by atoms with Crippen LogP contribution in [0.2, 0.25) is 0 Å². The summed E-state index contributed by atoms with van der Waals surface area (Å²) in [6, 6.07) is 0. The second-order valence-corrected chi connectivity index (χ2v) is 12.7. The Balaban J connectivity index is 1.22. The van der Waals surface area contributed by atoms with Gasteiger partial charge in [-0.25, -0.2) is 4.39 Å². The van der Waals surface area contributed by atoms with E-state index in [0.29, 0.717) is 17.8 Å². The van der Waals surface area contributed by atoms with Crippen molar-refractivity contribution < 1.29 is 4.39 Å². The zero-order valence-corrected chi connectivity index (χ0v) is 19.7. The number of hydrogen-bond donors (Lipinski definition) is 0. The first-order chi connectivity index (χ1) is 13.1. The maximum Gasteiger partial charge on any atom is 0.103 e. The molecule has 0 radical (unpaired) electrons. The van der Waals surface area contributed by atoms with Gasteiger partial charge in [0.1, 0.15) is 6.17 Å². The summed E-state index contributed by atoms with van der Waals surface area (Å²) in [5.74, 6) is 5.63.